The van der Waals surface area contributed by atoms with Crippen LogP contribution in [0.15, 0.2) is 54.6 Å². The van der Waals surface area contributed by atoms with Crippen LogP contribution in [0.2, 0.25) is 0 Å². The lowest BCUT2D eigenvalue weighted by Crippen LogP contribution is -2.07. The second-order valence-electron chi connectivity index (χ2n) is 4.66. The standard InChI is InChI=1S/C19H15NO3/c1-3-14-5-4-6-17(13-14)20-18(21)12-9-15-7-10-16(11-8-15)19(22)23-2/h1,4-13H,2H3,(H,20,21)/b12-9-. The summed E-state index contributed by atoms with van der Waals surface area (Å²) in [5, 5.41) is 2.73. The molecule has 0 bridgehead atoms. The number of esters is 1. The molecular formula is C19H15NO3. The molecule has 4 nitrogen and oxygen atoms in total. The van der Waals surface area contributed by atoms with Crippen LogP contribution in [0.1, 0.15) is 21.5 Å². The summed E-state index contributed by atoms with van der Waals surface area (Å²) >= 11 is 0. The van der Waals surface area contributed by atoms with Crippen molar-refractivity contribution in [3.05, 3.63) is 71.3 Å². The number of amides is 1. The molecule has 2 rings (SSSR count). The molecule has 0 atom stereocenters. The van der Waals surface area contributed by atoms with Crippen molar-refractivity contribution in [1.29, 1.82) is 0 Å². The van der Waals surface area contributed by atoms with Crippen molar-refractivity contribution >= 4 is 23.6 Å². The minimum Gasteiger partial charge on any atom is -0.465 e. The van der Waals surface area contributed by atoms with Gasteiger partial charge in [-0.2, -0.15) is 0 Å². The Kier molecular flexibility index (Phi) is 5.32. The Morgan fingerprint density at radius 1 is 1.17 bits per heavy atom. The van der Waals surface area contributed by atoms with E-state index in [1.807, 2.05) is 0 Å². The average molecular weight is 305 g/mol. The fraction of sp³-hybridized carbons (Fsp3) is 0.0526. The highest BCUT2D eigenvalue weighted by Gasteiger charge is 2.03. The Balaban J connectivity index is 2.00. The Hall–Kier alpha value is -3.32. The predicted octanol–water partition coefficient (Wildman–Crippen LogP) is 3.11. The molecule has 0 aliphatic carbocycles. The molecule has 2 aromatic carbocycles. The van der Waals surface area contributed by atoms with E-state index in [-0.39, 0.29) is 5.91 Å². The number of terminal acetylenes is 1. The summed E-state index contributed by atoms with van der Waals surface area (Å²) < 4.78 is 4.62. The van der Waals surface area contributed by atoms with E-state index in [1.165, 1.54) is 13.2 Å². The van der Waals surface area contributed by atoms with Gasteiger partial charge in [0.25, 0.3) is 0 Å². The van der Waals surface area contributed by atoms with Crippen LogP contribution in [0.25, 0.3) is 6.08 Å². The lowest BCUT2D eigenvalue weighted by atomic mass is 10.1. The summed E-state index contributed by atoms with van der Waals surface area (Å²) in [7, 11) is 1.33. The SMILES string of the molecule is C#Cc1cccc(NC(=O)/C=C\c2ccc(C(=O)OC)cc2)c1. The summed E-state index contributed by atoms with van der Waals surface area (Å²) in [6.45, 7) is 0. The monoisotopic (exact) mass is 305 g/mol. The predicted molar refractivity (Wildman–Crippen MR) is 89.8 cm³/mol. The van der Waals surface area contributed by atoms with E-state index in [4.69, 9.17) is 6.42 Å². The van der Waals surface area contributed by atoms with Crippen molar-refractivity contribution < 1.29 is 14.3 Å². The van der Waals surface area contributed by atoms with Gasteiger partial charge in [-0.1, -0.05) is 24.1 Å². The number of carbonyl (C=O) groups is 2. The fourth-order valence-corrected chi connectivity index (χ4v) is 1.89. The topological polar surface area (TPSA) is 55.4 Å². The van der Waals surface area contributed by atoms with Gasteiger partial charge in [0.1, 0.15) is 0 Å². The molecule has 0 aliphatic rings. The summed E-state index contributed by atoms with van der Waals surface area (Å²) in [5.41, 5.74) is 2.59. The minimum atomic E-state index is -0.397. The van der Waals surface area contributed by atoms with Crippen LogP contribution in [0.5, 0.6) is 0 Å². The number of rotatable bonds is 4. The van der Waals surface area contributed by atoms with Crippen molar-refractivity contribution in [2.45, 2.75) is 0 Å². The number of carbonyl (C=O) groups excluding carboxylic acids is 2. The number of hydrogen-bond donors (Lipinski definition) is 1. The van der Waals surface area contributed by atoms with Crippen molar-refractivity contribution in [3.8, 4) is 12.3 Å². The molecule has 1 amide bonds. The number of anilines is 1. The van der Waals surface area contributed by atoms with Crippen molar-refractivity contribution in [2.75, 3.05) is 12.4 Å². The van der Waals surface area contributed by atoms with Crippen LogP contribution in [-0.4, -0.2) is 19.0 Å². The molecular weight excluding hydrogens is 290 g/mol. The highest BCUT2D eigenvalue weighted by atomic mass is 16.5. The van der Waals surface area contributed by atoms with Crippen LogP contribution in [0.4, 0.5) is 5.69 Å². The number of hydrogen-bond acceptors (Lipinski definition) is 3. The molecule has 0 unspecified atom stereocenters. The van der Waals surface area contributed by atoms with Crippen LogP contribution in [0, 0.1) is 12.3 Å². The summed E-state index contributed by atoms with van der Waals surface area (Å²) in [6, 6.07) is 13.8. The first kappa shape index (κ1) is 16.1. The van der Waals surface area contributed by atoms with Crippen molar-refractivity contribution in [1.82, 2.24) is 0 Å². The first-order valence-electron chi connectivity index (χ1n) is 6.86. The van der Waals surface area contributed by atoms with Gasteiger partial charge in [0.2, 0.25) is 5.91 Å². The molecule has 1 N–H and O–H groups in total. The zero-order valence-electron chi connectivity index (χ0n) is 12.6. The molecule has 0 fully saturated rings. The maximum Gasteiger partial charge on any atom is 0.337 e. The zero-order chi connectivity index (χ0) is 16.7. The van der Waals surface area contributed by atoms with E-state index in [0.717, 1.165) is 5.56 Å². The van der Waals surface area contributed by atoms with Crippen molar-refractivity contribution in [3.63, 3.8) is 0 Å². The molecule has 0 radical (unpaired) electrons. The van der Waals surface area contributed by atoms with E-state index in [2.05, 4.69) is 16.0 Å². The second kappa shape index (κ2) is 7.62. The Labute approximate surface area is 134 Å². The van der Waals surface area contributed by atoms with Gasteiger partial charge >= 0.3 is 5.97 Å². The van der Waals surface area contributed by atoms with E-state index < -0.39 is 5.97 Å². The van der Waals surface area contributed by atoms with E-state index in [0.29, 0.717) is 16.8 Å². The fourth-order valence-electron chi connectivity index (χ4n) is 1.89. The third-order valence-corrected chi connectivity index (χ3v) is 3.06. The van der Waals surface area contributed by atoms with Crippen LogP contribution in [-0.2, 0) is 9.53 Å². The van der Waals surface area contributed by atoms with E-state index in [1.54, 1.807) is 54.6 Å². The van der Waals surface area contributed by atoms with Gasteiger partial charge in [0.05, 0.1) is 12.7 Å². The smallest absolute Gasteiger partial charge is 0.337 e. The van der Waals surface area contributed by atoms with Gasteiger partial charge in [-0.05, 0) is 42.0 Å². The van der Waals surface area contributed by atoms with Gasteiger partial charge < -0.3 is 10.1 Å². The number of ether oxygens (including phenoxy) is 1. The van der Waals surface area contributed by atoms with Crippen LogP contribution < -0.4 is 5.32 Å². The lowest BCUT2D eigenvalue weighted by molar-refractivity contribution is -0.111. The second-order valence-corrected chi connectivity index (χ2v) is 4.66. The highest BCUT2D eigenvalue weighted by molar-refractivity contribution is 6.02. The number of methoxy groups -OCH3 is 1. The van der Waals surface area contributed by atoms with Gasteiger partial charge in [-0.15, -0.1) is 6.42 Å². The maximum atomic E-state index is 11.9. The zero-order valence-corrected chi connectivity index (χ0v) is 12.6. The van der Waals surface area contributed by atoms with E-state index in [9.17, 15) is 9.59 Å². The molecule has 0 saturated heterocycles. The molecule has 0 spiro atoms. The Morgan fingerprint density at radius 3 is 2.57 bits per heavy atom. The highest BCUT2D eigenvalue weighted by Crippen LogP contribution is 2.11. The molecule has 2 aromatic rings. The number of nitrogens with one attached hydrogen (secondary N) is 1. The minimum absolute atomic E-state index is 0.267. The van der Waals surface area contributed by atoms with Crippen molar-refractivity contribution in [2.24, 2.45) is 0 Å². The molecule has 4 heteroatoms. The first-order valence-corrected chi connectivity index (χ1v) is 6.86. The molecule has 114 valence electrons. The quantitative estimate of drug-likeness (QED) is 0.536. The first-order chi connectivity index (χ1) is 11.1. The molecule has 0 saturated carbocycles. The third kappa shape index (κ3) is 4.58. The number of benzene rings is 2. The molecule has 0 aromatic heterocycles. The third-order valence-electron chi connectivity index (χ3n) is 3.06. The van der Waals surface area contributed by atoms with Gasteiger partial charge in [-0.25, -0.2) is 4.79 Å². The van der Waals surface area contributed by atoms with E-state index >= 15 is 0 Å². The normalized spacial score (nSPS) is 10.1. The van der Waals surface area contributed by atoms with Crippen LogP contribution in [0.3, 0.4) is 0 Å². The van der Waals surface area contributed by atoms with Gasteiger partial charge in [0.15, 0.2) is 0 Å². The summed E-state index contributed by atoms with van der Waals surface area (Å²) in [5.74, 6) is 1.85. The molecule has 0 heterocycles. The summed E-state index contributed by atoms with van der Waals surface area (Å²) in [6.07, 6.45) is 8.38. The molecule has 0 aliphatic heterocycles. The van der Waals surface area contributed by atoms with Crippen LogP contribution >= 0.6 is 0 Å². The largest absolute Gasteiger partial charge is 0.465 e. The maximum absolute atomic E-state index is 11.9. The Bertz CT molecular complexity index is 783. The Morgan fingerprint density at radius 2 is 1.91 bits per heavy atom. The van der Waals surface area contributed by atoms with Gasteiger partial charge in [0, 0.05) is 17.3 Å². The average Bonchev–Trinajstić information content (AvgIpc) is 2.60. The lowest BCUT2D eigenvalue weighted by Gasteiger charge is -2.02. The van der Waals surface area contributed by atoms with Gasteiger partial charge in [-0.3, -0.25) is 4.79 Å². The molecule has 23 heavy (non-hydrogen) atoms. The summed E-state index contributed by atoms with van der Waals surface area (Å²) in [4.78, 5) is 23.2.